The van der Waals surface area contributed by atoms with Crippen molar-refractivity contribution in [1.82, 2.24) is 14.7 Å². The van der Waals surface area contributed by atoms with Crippen LogP contribution in [0.15, 0.2) is 30.3 Å². The van der Waals surface area contributed by atoms with E-state index in [1.807, 2.05) is 67.7 Å². The second-order valence-electron chi connectivity index (χ2n) is 7.96. The first-order chi connectivity index (χ1) is 13.3. The van der Waals surface area contributed by atoms with Crippen molar-refractivity contribution in [3.8, 4) is 0 Å². The highest BCUT2D eigenvalue weighted by Crippen LogP contribution is 2.36. The molecule has 1 aliphatic heterocycles. The number of aliphatic carboxylic acids is 1. The maximum Gasteiger partial charge on any atom is 0.314 e. The van der Waals surface area contributed by atoms with Crippen LogP contribution < -0.4 is 0 Å². The zero-order chi connectivity index (χ0) is 20.5. The molecule has 0 spiro atoms. The predicted molar refractivity (Wildman–Crippen MR) is 107 cm³/mol. The number of amides is 1. The number of benzene rings is 1. The summed E-state index contributed by atoms with van der Waals surface area (Å²) in [5, 5.41) is 14.4. The Morgan fingerprint density at radius 1 is 1.18 bits per heavy atom. The van der Waals surface area contributed by atoms with E-state index in [0.29, 0.717) is 32.4 Å². The lowest BCUT2D eigenvalue weighted by Gasteiger charge is -2.40. The zero-order valence-corrected chi connectivity index (χ0v) is 17.1. The zero-order valence-electron chi connectivity index (χ0n) is 17.1. The number of likely N-dealkylation sites (tertiary alicyclic amines) is 1. The average Bonchev–Trinajstić information content (AvgIpc) is 2.94. The third-order valence-corrected chi connectivity index (χ3v) is 6.26. The summed E-state index contributed by atoms with van der Waals surface area (Å²) < 4.78 is 1.85. The summed E-state index contributed by atoms with van der Waals surface area (Å²) in [6.07, 6.45) is 1.54. The third kappa shape index (κ3) is 3.55. The molecule has 1 saturated heterocycles. The number of hydrogen-bond donors (Lipinski definition) is 1. The van der Waals surface area contributed by atoms with Crippen molar-refractivity contribution in [2.24, 2.45) is 13.0 Å². The van der Waals surface area contributed by atoms with Crippen LogP contribution in [0.3, 0.4) is 0 Å². The van der Waals surface area contributed by atoms with Gasteiger partial charge in [0.05, 0.1) is 11.1 Å². The van der Waals surface area contributed by atoms with Gasteiger partial charge in [0.15, 0.2) is 0 Å². The van der Waals surface area contributed by atoms with Gasteiger partial charge in [0, 0.05) is 31.7 Å². The smallest absolute Gasteiger partial charge is 0.314 e. The van der Waals surface area contributed by atoms with Crippen LogP contribution >= 0.6 is 0 Å². The van der Waals surface area contributed by atoms with Gasteiger partial charge in [-0.25, -0.2) is 0 Å². The number of piperidine rings is 1. The largest absolute Gasteiger partial charge is 0.481 e. The molecule has 0 unspecified atom stereocenters. The van der Waals surface area contributed by atoms with E-state index in [0.717, 1.165) is 22.5 Å². The summed E-state index contributed by atoms with van der Waals surface area (Å²) in [5.74, 6) is -0.870. The van der Waals surface area contributed by atoms with Crippen LogP contribution in [0.2, 0.25) is 0 Å². The van der Waals surface area contributed by atoms with Gasteiger partial charge in [-0.15, -0.1) is 0 Å². The number of carboxylic acids is 1. The maximum atomic E-state index is 13.0. The average molecular weight is 383 g/mol. The van der Waals surface area contributed by atoms with Gasteiger partial charge in [0.2, 0.25) is 5.91 Å². The van der Waals surface area contributed by atoms with E-state index < -0.39 is 11.4 Å². The number of carbonyl (C=O) groups is 2. The summed E-state index contributed by atoms with van der Waals surface area (Å²) >= 11 is 0. The van der Waals surface area contributed by atoms with Crippen molar-refractivity contribution >= 4 is 11.9 Å². The highest BCUT2D eigenvalue weighted by atomic mass is 16.4. The highest BCUT2D eigenvalue weighted by molar-refractivity contribution is 5.83. The summed E-state index contributed by atoms with van der Waals surface area (Å²) in [7, 11) is 1.91. The molecular formula is C22H29N3O3. The van der Waals surface area contributed by atoms with Crippen LogP contribution in [-0.4, -0.2) is 44.8 Å². The third-order valence-electron chi connectivity index (χ3n) is 6.26. The molecule has 150 valence electrons. The van der Waals surface area contributed by atoms with Crippen molar-refractivity contribution in [2.75, 3.05) is 13.1 Å². The van der Waals surface area contributed by atoms with Crippen molar-refractivity contribution in [3.05, 3.63) is 52.8 Å². The van der Waals surface area contributed by atoms with Gasteiger partial charge >= 0.3 is 5.97 Å². The minimum Gasteiger partial charge on any atom is -0.481 e. The van der Waals surface area contributed by atoms with Gasteiger partial charge in [-0.3, -0.25) is 14.3 Å². The molecule has 0 saturated carbocycles. The SMILES string of the molecule is Cc1nn(C)c(C)c1C[C@@H](C)C(=O)N1CCC(C(=O)O)(c2ccccc2)CC1. The number of aryl methyl sites for hydroxylation is 2. The molecule has 2 aromatic rings. The first-order valence-electron chi connectivity index (χ1n) is 9.83. The normalized spacial score (nSPS) is 17.4. The van der Waals surface area contributed by atoms with Gasteiger partial charge in [-0.2, -0.15) is 5.10 Å². The fourth-order valence-electron chi connectivity index (χ4n) is 4.31. The van der Waals surface area contributed by atoms with Crippen molar-refractivity contribution in [1.29, 1.82) is 0 Å². The molecule has 1 amide bonds. The Kier molecular flexibility index (Phi) is 5.59. The first kappa shape index (κ1) is 20.1. The lowest BCUT2D eigenvalue weighted by molar-refractivity contribution is -0.149. The number of carbonyl (C=O) groups excluding carboxylic acids is 1. The van der Waals surface area contributed by atoms with Crippen molar-refractivity contribution in [3.63, 3.8) is 0 Å². The molecule has 2 heterocycles. The lowest BCUT2D eigenvalue weighted by atomic mass is 9.72. The van der Waals surface area contributed by atoms with Gasteiger partial charge in [0.25, 0.3) is 0 Å². The fraction of sp³-hybridized carbons (Fsp3) is 0.500. The Bertz CT molecular complexity index is 865. The molecule has 3 rings (SSSR count). The molecule has 6 nitrogen and oxygen atoms in total. The Morgan fingerprint density at radius 3 is 2.29 bits per heavy atom. The number of carboxylic acid groups (broad SMARTS) is 1. The van der Waals surface area contributed by atoms with E-state index >= 15 is 0 Å². The van der Waals surface area contributed by atoms with Crippen LogP contribution in [0, 0.1) is 19.8 Å². The number of hydrogen-bond acceptors (Lipinski definition) is 3. The van der Waals surface area contributed by atoms with Gasteiger partial charge < -0.3 is 10.0 Å². The Labute approximate surface area is 166 Å². The highest BCUT2D eigenvalue weighted by Gasteiger charge is 2.44. The van der Waals surface area contributed by atoms with E-state index in [1.165, 1.54) is 0 Å². The maximum absolute atomic E-state index is 13.0. The lowest BCUT2D eigenvalue weighted by Crippen LogP contribution is -2.50. The van der Waals surface area contributed by atoms with Gasteiger partial charge in [0.1, 0.15) is 0 Å². The number of aromatic nitrogens is 2. The number of nitrogens with zero attached hydrogens (tertiary/aromatic N) is 3. The first-order valence-corrected chi connectivity index (χ1v) is 9.83. The topological polar surface area (TPSA) is 75.4 Å². The van der Waals surface area contributed by atoms with Crippen LogP contribution in [-0.2, 0) is 28.5 Å². The van der Waals surface area contributed by atoms with Crippen LogP contribution in [0.5, 0.6) is 0 Å². The molecule has 1 aromatic heterocycles. The Balaban J connectivity index is 1.70. The summed E-state index contributed by atoms with van der Waals surface area (Å²) in [4.78, 5) is 26.9. The molecule has 1 fully saturated rings. The second-order valence-corrected chi connectivity index (χ2v) is 7.96. The molecule has 0 radical (unpaired) electrons. The van der Waals surface area contributed by atoms with Gasteiger partial charge in [-0.1, -0.05) is 37.3 Å². The summed E-state index contributed by atoms with van der Waals surface area (Å²) in [5.41, 5.74) is 3.10. The van der Waals surface area contributed by atoms with Crippen LogP contribution in [0.1, 0.15) is 42.3 Å². The molecule has 1 aliphatic rings. The number of rotatable bonds is 5. The molecule has 0 aliphatic carbocycles. The second kappa shape index (κ2) is 7.78. The summed E-state index contributed by atoms with van der Waals surface area (Å²) in [6, 6.07) is 9.39. The molecular weight excluding hydrogens is 354 g/mol. The standard InChI is InChI=1S/C22H29N3O3/c1-15(14-19-16(2)23-24(4)17(19)3)20(26)25-12-10-22(11-13-25,21(27)28)18-8-6-5-7-9-18/h5-9,15H,10-14H2,1-4H3,(H,27,28)/t15-/m1/s1. The predicted octanol–water partition coefficient (Wildman–Crippen LogP) is 2.86. The Morgan fingerprint density at radius 2 is 1.79 bits per heavy atom. The van der Waals surface area contributed by atoms with E-state index in [1.54, 1.807) is 0 Å². The van der Waals surface area contributed by atoms with E-state index in [9.17, 15) is 14.7 Å². The molecule has 6 heteroatoms. The Hall–Kier alpha value is -2.63. The van der Waals surface area contributed by atoms with Crippen molar-refractivity contribution < 1.29 is 14.7 Å². The molecule has 0 bridgehead atoms. The van der Waals surface area contributed by atoms with Crippen LogP contribution in [0.4, 0.5) is 0 Å². The van der Waals surface area contributed by atoms with E-state index in [4.69, 9.17) is 0 Å². The van der Waals surface area contributed by atoms with Crippen molar-refractivity contribution in [2.45, 2.75) is 45.4 Å². The molecule has 1 atom stereocenters. The van der Waals surface area contributed by atoms with Gasteiger partial charge in [-0.05, 0) is 44.2 Å². The van der Waals surface area contributed by atoms with E-state index in [2.05, 4.69) is 5.10 Å². The van der Waals surface area contributed by atoms with Crippen LogP contribution in [0.25, 0.3) is 0 Å². The minimum absolute atomic E-state index is 0.0923. The molecule has 1 aromatic carbocycles. The van der Waals surface area contributed by atoms with E-state index in [-0.39, 0.29) is 11.8 Å². The summed E-state index contributed by atoms with van der Waals surface area (Å²) in [6.45, 7) is 6.88. The quantitative estimate of drug-likeness (QED) is 0.861. The fourth-order valence-corrected chi connectivity index (χ4v) is 4.31. The molecule has 28 heavy (non-hydrogen) atoms. The minimum atomic E-state index is -0.905. The monoisotopic (exact) mass is 383 g/mol. The molecule has 1 N–H and O–H groups in total.